The first-order valence-corrected chi connectivity index (χ1v) is 6.95. The Balaban J connectivity index is 3.26. The Morgan fingerprint density at radius 3 is 2.53 bits per heavy atom. The molecule has 5 nitrogen and oxygen atoms in total. The summed E-state index contributed by atoms with van der Waals surface area (Å²) in [5.41, 5.74) is 0.770. The molecular weight excluding hydrogens is 242 g/mol. The summed E-state index contributed by atoms with van der Waals surface area (Å²) < 4.78 is 23.0. The van der Waals surface area contributed by atoms with Gasteiger partial charge in [0.05, 0.1) is 17.2 Å². The quantitative estimate of drug-likeness (QED) is 0.758. The smallest absolute Gasteiger partial charge is 0.177 e. The van der Waals surface area contributed by atoms with Crippen LogP contribution in [0.5, 0.6) is 0 Å². The molecule has 0 aromatic heterocycles. The van der Waals surface area contributed by atoms with Gasteiger partial charge in [0.1, 0.15) is 0 Å². The Hall–Kier alpha value is -1.40. The van der Waals surface area contributed by atoms with Gasteiger partial charge in [0.2, 0.25) is 0 Å². The largest absolute Gasteiger partial charge is 0.395 e. The van der Waals surface area contributed by atoms with E-state index in [1.165, 1.54) is 25.1 Å². The highest BCUT2D eigenvalue weighted by molar-refractivity contribution is 7.90. The fourth-order valence-electron chi connectivity index (χ4n) is 1.40. The van der Waals surface area contributed by atoms with Crippen molar-refractivity contribution in [2.45, 2.75) is 11.8 Å². The van der Waals surface area contributed by atoms with Gasteiger partial charge in [0, 0.05) is 18.4 Å². The lowest BCUT2D eigenvalue weighted by atomic mass is 10.1. The van der Waals surface area contributed by atoms with Gasteiger partial charge >= 0.3 is 0 Å². The molecule has 1 aromatic rings. The Morgan fingerprint density at radius 1 is 1.41 bits per heavy atom. The monoisotopic (exact) mass is 257 g/mol. The van der Waals surface area contributed by atoms with Gasteiger partial charge in [-0.15, -0.1) is 0 Å². The predicted molar refractivity (Wildman–Crippen MR) is 65.1 cm³/mol. The lowest BCUT2D eigenvalue weighted by molar-refractivity contribution is 0.101. The van der Waals surface area contributed by atoms with Gasteiger partial charge in [-0.05, 0) is 25.1 Å². The number of carbonyl (C=O) groups excluding carboxylic acids is 1. The third-order valence-corrected chi connectivity index (χ3v) is 3.37. The van der Waals surface area contributed by atoms with E-state index in [0.717, 1.165) is 6.26 Å². The average molecular weight is 257 g/mol. The summed E-state index contributed by atoms with van der Waals surface area (Å²) in [7, 11) is -3.36. The van der Waals surface area contributed by atoms with Crippen LogP contribution in [0.3, 0.4) is 0 Å². The summed E-state index contributed by atoms with van der Waals surface area (Å²) in [4.78, 5) is 11.3. The number of nitrogens with one attached hydrogen (secondary N) is 1. The highest BCUT2D eigenvalue weighted by Crippen LogP contribution is 2.22. The molecule has 0 fully saturated rings. The van der Waals surface area contributed by atoms with E-state index in [2.05, 4.69) is 5.32 Å². The third-order valence-electron chi connectivity index (χ3n) is 2.21. The summed E-state index contributed by atoms with van der Waals surface area (Å²) in [6.45, 7) is 1.52. The second kappa shape index (κ2) is 5.29. The van der Waals surface area contributed by atoms with Crippen LogP contribution in [0.1, 0.15) is 17.3 Å². The highest BCUT2D eigenvalue weighted by atomic mass is 32.2. The molecule has 94 valence electrons. The lowest BCUT2D eigenvalue weighted by Gasteiger charge is -2.11. The molecule has 0 aliphatic rings. The minimum Gasteiger partial charge on any atom is -0.395 e. The second-order valence-electron chi connectivity index (χ2n) is 3.69. The van der Waals surface area contributed by atoms with Crippen molar-refractivity contribution in [2.75, 3.05) is 24.7 Å². The fraction of sp³-hybridized carbons (Fsp3) is 0.364. The molecule has 1 rings (SSSR count). The SMILES string of the molecule is CC(=O)c1ccc(S(C)(=O)=O)c(NCCO)c1. The van der Waals surface area contributed by atoms with E-state index < -0.39 is 9.84 Å². The molecule has 0 aliphatic heterocycles. The molecule has 0 bridgehead atoms. The minimum atomic E-state index is -3.36. The van der Waals surface area contributed by atoms with Crippen LogP contribution in [0, 0.1) is 0 Å². The second-order valence-corrected chi connectivity index (χ2v) is 5.67. The maximum atomic E-state index is 11.5. The van der Waals surface area contributed by atoms with E-state index in [9.17, 15) is 13.2 Å². The van der Waals surface area contributed by atoms with Crippen molar-refractivity contribution in [1.82, 2.24) is 0 Å². The normalized spacial score (nSPS) is 11.2. The van der Waals surface area contributed by atoms with Crippen LogP contribution in [0.2, 0.25) is 0 Å². The summed E-state index contributed by atoms with van der Waals surface area (Å²) in [6, 6.07) is 4.35. The zero-order chi connectivity index (χ0) is 13.1. The number of hydrogen-bond acceptors (Lipinski definition) is 5. The zero-order valence-corrected chi connectivity index (χ0v) is 10.5. The molecule has 0 spiro atoms. The average Bonchev–Trinajstić information content (AvgIpc) is 2.24. The van der Waals surface area contributed by atoms with E-state index in [4.69, 9.17) is 5.11 Å². The Kier molecular flexibility index (Phi) is 4.25. The number of aliphatic hydroxyl groups excluding tert-OH is 1. The molecule has 0 heterocycles. The Morgan fingerprint density at radius 2 is 2.06 bits per heavy atom. The van der Waals surface area contributed by atoms with Crippen LogP contribution in [0.25, 0.3) is 0 Å². The number of hydrogen-bond donors (Lipinski definition) is 2. The molecule has 0 saturated carbocycles. The first kappa shape index (κ1) is 13.7. The number of anilines is 1. The number of rotatable bonds is 5. The third kappa shape index (κ3) is 3.54. The van der Waals surface area contributed by atoms with E-state index in [1.807, 2.05) is 0 Å². The van der Waals surface area contributed by atoms with Gasteiger partial charge in [-0.2, -0.15) is 0 Å². The van der Waals surface area contributed by atoms with Crippen molar-refractivity contribution in [1.29, 1.82) is 0 Å². The van der Waals surface area contributed by atoms with E-state index in [0.29, 0.717) is 11.3 Å². The Labute approximate surface area is 100 Å². The number of benzene rings is 1. The maximum absolute atomic E-state index is 11.5. The molecule has 0 amide bonds. The van der Waals surface area contributed by atoms with Gasteiger partial charge in [0.25, 0.3) is 0 Å². The first-order valence-electron chi connectivity index (χ1n) is 5.06. The molecule has 0 radical (unpaired) electrons. The van der Waals surface area contributed by atoms with Crippen LogP contribution in [-0.2, 0) is 9.84 Å². The number of Topliss-reactive ketones (excluding diaryl/α,β-unsaturated/α-hetero) is 1. The van der Waals surface area contributed by atoms with Crippen LogP contribution in [0.15, 0.2) is 23.1 Å². The van der Waals surface area contributed by atoms with Crippen molar-refractivity contribution in [3.63, 3.8) is 0 Å². The molecule has 6 heteroatoms. The van der Waals surface area contributed by atoms with Gasteiger partial charge in [-0.3, -0.25) is 4.79 Å². The highest BCUT2D eigenvalue weighted by Gasteiger charge is 2.14. The van der Waals surface area contributed by atoms with Crippen molar-refractivity contribution in [3.05, 3.63) is 23.8 Å². The summed E-state index contributed by atoms with van der Waals surface area (Å²) in [5.74, 6) is -0.142. The van der Waals surface area contributed by atoms with Gasteiger partial charge in [-0.1, -0.05) is 0 Å². The Bertz CT molecular complexity index is 522. The summed E-state index contributed by atoms with van der Waals surface area (Å²) >= 11 is 0. The van der Waals surface area contributed by atoms with Crippen LogP contribution in [0.4, 0.5) is 5.69 Å². The molecule has 0 atom stereocenters. The molecule has 2 N–H and O–H groups in total. The number of sulfone groups is 1. The number of ketones is 1. The van der Waals surface area contributed by atoms with E-state index >= 15 is 0 Å². The zero-order valence-electron chi connectivity index (χ0n) is 9.73. The van der Waals surface area contributed by atoms with Crippen LogP contribution in [-0.4, -0.2) is 38.7 Å². The van der Waals surface area contributed by atoms with Gasteiger partial charge in [0.15, 0.2) is 15.6 Å². The van der Waals surface area contributed by atoms with Crippen molar-refractivity contribution < 1.29 is 18.3 Å². The van der Waals surface area contributed by atoms with Crippen molar-refractivity contribution in [2.24, 2.45) is 0 Å². The first-order chi connectivity index (χ1) is 7.86. The summed E-state index contributed by atoms with van der Waals surface area (Å²) in [5, 5.41) is 11.5. The maximum Gasteiger partial charge on any atom is 0.177 e. The summed E-state index contributed by atoms with van der Waals surface area (Å²) in [6.07, 6.45) is 1.10. The van der Waals surface area contributed by atoms with Crippen LogP contribution < -0.4 is 5.32 Å². The minimum absolute atomic E-state index is 0.118. The predicted octanol–water partition coefficient (Wildman–Crippen LogP) is 0.697. The molecule has 0 unspecified atom stereocenters. The van der Waals surface area contributed by atoms with Crippen molar-refractivity contribution >= 4 is 21.3 Å². The standard InChI is InChI=1S/C11H15NO4S/c1-8(14)9-3-4-11(17(2,15)16)10(7-9)12-5-6-13/h3-4,7,12-13H,5-6H2,1-2H3. The topological polar surface area (TPSA) is 83.5 Å². The molecule has 0 saturated heterocycles. The van der Waals surface area contributed by atoms with Crippen LogP contribution >= 0.6 is 0 Å². The van der Waals surface area contributed by atoms with Crippen molar-refractivity contribution in [3.8, 4) is 0 Å². The van der Waals surface area contributed by atoms with E-state index in [1.54, 1.807) is 0 Å². The fourth-order valence-corrected chi connectivity index (χ4v) is 2.25. The molecule has 17 heavy (non-hydrogen) atoms. The molecular formula is C11H15NO4S. The molecule has 0 aliphatic carbocycles. The molecule has 1 aromatic carbocycles. The lowest BCUT2D eigenvalue weighted by Crippen LogP contribution is -2.11. The number of aliphatic hydroxyl groups is 1. The number of carbonyl (C=O) groups is 1. The van der Waals surface area contributed by atoms with E-state index in [-0.39, 0.29) is 23.8 Å². The van der Waals surface area contributed by atoms with Gasteiger partial charge < -0.3 is 10.4 Å². The van der Waals surface area contributed by atoms with Gasteiger partial charge in [-0.25, -0.2) is 8.42 Å².